The van der Waals surface area contributed by atoms with Gasteiger partial charge in [0.15, 0.2) is 0 Å². The van der Waals surface area contributed by atoms with Gasteiger partial charge in [-0.15, -0.1) is 0 Å². The van der Waals surface area contributed by atoms with Gasteiger partial charge >= 0.3 is 0 Å². The number of nitrogens with two attached hydrogens (primary N) is 2. The maximum Gasteiger partial charge on any atom is 0.269 e. The molecular weight excluding hydrogens is 268 g/mol. The standard InChI is InChI=1S/C11H18N4O3S/c12-11(16)10-5-6-15(14-10)7-8-1-3-9(4-2-8)19(13,17)18/h5-6,8-9H,1-4,7H2,(H2,12,16)(H2,13,17,18). The van der Waals surface area contributed by atoms with E-state index in [0.29, 0.717) is 25.3 Å². The van der Waals surface area contributed by atoms with Gasteiger partial charge in [-0.05, 0) is 37.7 Å². The van der Waals surface area contributed by atoms with Gasteiger partial charge in [0.1, 0.15) is 5.69 Å². The van der Waals surface area contributed by atoms with E-state index in [-0.39, 0.29) is 5.69 Å². The fourth-order valence-corrected chi connectivity index (χ4v) is 3.43. The molecule has 0 atom stereocenters. The fraction of sp³-hybridized carbons (Fsp3) is 0.636. The van der Waals surface area contributed by atoms with E-state index in [1.165, 1.54) is 0 Å². The highest BCUT2D eigenvalue weighted by Gasteiger charge is 2.28. The van der Waals surface area contributed by atoms with Gasteiger partial charge < -0.3 is 5.73 Å². The van der Waals surface area contributed by atoms with Crippen LogP contribution >= 0.6 is 0 Å². The number of primary amides is 1. The van der Waals surface area contributed by atoms with Crippen molar-refractivity contribution in [3.05, 3.63) is 18.0 Å². The molecule has 0 spiro atoms. The van der Waals surface area contributed by atoms with Gasteiger partial charge in [-0.1, -0.05) is 0 Å². The van der Waals surface area contributed by atoms with Crippen LogP contribution in [-0.4, -0.2) is 29.4 Å². The Morgan fingerprint density at radius 2 is 2.00 bits per heavy atom. The number of aromatic nitrogens is 2. The van der Waals surface area contributed by atoms with E-state index in [9.17, 15) is 13.2 Å². The van der Waals surface area contributed by atoms with Crippen LogP contribution in [0.15, 0.2) is 12.3 Å². The van der Waals surface area contributed by atoms with Crippen molar-refractivity contribution in [3.8, 4) is 0 Å². The molecule has 0 unspecified atom stereocenters. The molecule has 0 aromatic carbocycles. The maximum absolute atomic E-state index is 11.2. The highest BCUT2D eigenvalue weighted by Crippen LogP contribution is 2.28. The van der Waals surface area contributed by atoms with Gasteiger partial charge in [0.05, 0.1) is 5.25 Å². The lowest BCUT2D eigenvalue weighted by Gasteiger charge is -2.26. The summed E-state index contributed by atoms with van der Waals surface area (Å²) < 4.78 is 24.2. The maximum atomic E-state index is 11.2. The molecule has 106 valence electrons. The molecule has 1 aromatic heterocycles. The van der Waals surface area contributed by atoms with Crippen molar-refractivity contribution in [1.82, 2.24) is 9.78 Å². The molecule has 0 saturated heterocycles. The summed E-state index contributed by atoms with van der Waals surface area (Å²) in [6.45, 7) is 0.671. The number of hydrogen-bond acceptors (Lipinski definition) is 4. The van der Waals surface area contributed by atoms with Crippen molar-refractivity contribution in [2.45, 2.75) is 37.5 Å². The molecule has 1 heterocycles. The second-order valence-electron chi connectivity index (χ2n) is 5.02. The lowest BCUT2D eigenvalue weighted by Crippen LogP contribution is -2.33. The lowest BCUT2D eigenvalue weighted by molar-refractivity contribution is 0.0994. The van der Waals surface area contributed by atoms with E-state index in [1.54, 1.807) is 16.9 Å². The lowest BCUT2D eigenvalue weighted by atomic mass is 9.89. The van der Waals surface area contributed by atoms with Crippen LogP contribution in [0.5, 0.6) is 0 Å². The van der Waals surface area contributed by atoms with E-state index in [2.05, 4.69) is 5.10 Å². The molecule has 2 rings (SSSR count). The first-order valence-corrected chi connectivity index (χ1v) is 7.82. The molecule has 1 aliphatic rings. The smallest absolute Gasteiger partial charge is 0.269 e. The molecule has 8 heteroatoms. The third kappa shape index (κ3) is 3.54. The van der Waals surface area contributed by atoms with E-state index in [4.69, 9.17) is 10.9 Å². The number of carbonyl (C=O) groups excluding carboxylic acids is 1. The number of hydrogen-bond donors (Lipinski definition) is 2. The number of carbonyl (C=O) groups is 1. The second kappa shape index (κ2) is 5.30. The van der Waals surface area contributed by atoms with Crippen LogP contribution in [0.1, 0.15) is 36.2 Å². The molecule has 1 aliphatic carbocycles. The Labute approximate surface area is 112 Å². The van der Waals surface area contributed by atoms with Crippen molar-refractivity contribution in [2.24, 2.45) is 16.8 Å². The summed E-state index contributed by atoms with van der Waals surface area (Å²) >= 11 is 0. The largest absolute Gasteiger partial charge is 0.364 e. The summed E-state index contributed by atoms with van der Waals surface area (Å²) in [5.74, 6) is -0.185. The first-order chi connectivity index (χ1) is 8.86. The van der Waals surface area contributed by atoms with Crippen LogP contribution in [0.25, 0.3) is 0 Å². The second-order valence-corrected chi connectivity index (χ2v) is 6.86. The average Bonchev–Trinajstić information content (AvgIpc) is 2.77. The zero-order valence-corrected chi connectivity index (χ0v) is 11.3. The van der Waals surface area contributed by atoms with Gasteiger partial charge in [-0.2, -0.15) is 5.10 Å². The Kier molecular flexibility index (Phi) is 3.91. The van der Waals surface area contributed by atoms with Crippen molar-refractivity contribution in [2.75, 3.05) is 0 Å². The molecule has 7 nitrogen and oxygen atoms in total. The molecule has 0 aliphatic heterocycles. The summed E-state index contributed by atoms with van der Waals surface area (Å²) in [4.78, 5) is 10.9. The van der Waals surface area contributed by atoms with Crippen molar-refractivity contribution < 1.29 is 13.2 Å². The molecule has 4 N–H and O–H groups in total. The number of nitrogens with zero attached hydrogens (tertiary/aromatic N) is 2. The minimum absolute atomic E-state index is 0.248. The van der Waals surface area contributed by atoms with Crippen LogP contribution in [0.2, 0.25) is 0 Å². The third-order valence-electron chi connectivity index (χ3n) is 3.60. The van der Waals surface area contributed by atoms with Crippen molar-refractivity contribution in [1.29, 1.82) is 0 Å². The van der Waals surface area contributed by atoms with Crippen LogP contribution in [0.4, 0.5) is 0 Å². The van der Waals surface area contributed by atoms with Crippen LogP contribution < -0.4 is 10.9 Å². The van der Waals surface area contributed by atoms with Gasteiger partial charge in [-0.3, -0.25) is 9.48 Å². The topological polar surface area (TPSA) is 121 Å². The first kappa shape index (κ1) is 14.0. The summed E-state index contributed by atoms with van der Waals surface area (Å²) in [5.41, 5.74) is 5.38. The number of primary sulfonamides is 1. The minimum atomic E-state index is -3.41. The van der Waals surface area contributed by atoms with E-state index < -0.39 is 21.2 Å². The number of amides is 1. The minimum Gasteiger partial charge on any atom is -0.364 e. The molecule has 19 heavy (non-hydrogen) atoms. The first-order valence-electron chi connectivity index (χ1n) is 6.21. The highest BCUT2D eigenvalue weighted by atomic mass is 32.2. The Bertz CT molecular complexity index is 558. The Balaban J connectivity index is 1.90. The molecule has 0 bridgehead atoms. The molecule has 1 amide bonds. The third-order valence-corrected chi connectivity index (χ3v) is 5.00. The van der Waals surface area contributed by atoms with Crippen LogP contribution in [0.3, 0.4) is 0 Å². The monoisotopic (exact) mass is 286 g/mol. The highest BCUT2D eigenvalue weighted by molar-refractivity contribution is 7.89. The molecular formula is C11H18N4O3S. The normalized spacial score (nSPS) is 24.3. The Hall–Kier alpha value is -1.41. The summed E-state index contributed by atoms with van der Waals surface area (Å²) in [5, 5.41) is 8.80. The van der Waals surface area contributed by atoms with Crippen LogP contribution in [-0.2, 0) is 16.6 Å². The zero-order chi connectivity index (χ0) is 14.0. The molecule has 0 radical (unpaired) electrons. The van der Waals surface area contributed by atoms with Crippen molar-refractivity contribution in [3.63, 3.8) is 0 Å². The molecule has 1 saturated carbocycles. The summed E-state index contributed by atoms with van der Waals surface area (Å²) in [6.07, 6.45) is 4.49. The quantitative estimate of drug-likeness (QED) is 0.798. The zero-order valence-electron chi connectivity index (χ0n) is 10.5. The average molecular weight is 286 g/mol. The Morgan fingerprint density at radius 1 is 1.37 bits per heavy atom. The fourth-order valence-electron chi connectivity index (χ4n) is 2.50. The van der Waals surface area contributed by atoms with Gasteiger partial charge in [0.25, 0.3) is 5.91 Å². The molecule has 1 fully saturated rings. The van der Waals surface area contributed by atoms with Crippen molar-refractivity contribution >= 4 is 15.9 Å². The van der Waals surface area contributed by atoms with Gasteiger partial charge in [-0.25, -0.2) is 13.6 Å². The number of rotatable bonds is 4. The predicted molar refractivity (Wildman–Crippen MR) is 69.6 cm³/mol. The predicted octanol–water partition coefficient (Wildman–Crippen LogP) is -0.171. The van der Waals surface area contributed by atoms with E-state index in [0.717, 1.165) is 12.8 Å². The van der Waals surface area contributed by atoms with Gasteiger partial charge in [0, 0.05) is 12.7 Å². The molecule has 1 aromatic rings. The SMILES string of the molecule is NC(=O)c1ccn(CC2CCC(S(N)(=O)=O)CC2)n1. The Morgan fingerprint density at radius 3 is 2.47 bits per heavy atom. The van der Waals surface area contributed by atoms with Gasteiger partial charge in [0.2, 0.25) is 10.0 Å². The van der Waals surface area contributed by atoms with E-state index in [1.807, 2.05) is 0 Å². The van der Waals surface area contributed by atoms with E-state index >= 15 is 0 Å². The summed E-state index contributed by atoms with van der Waals surface area (Å²) in [7, 11) is -3.41. The van der Waals surface area contributed by atoms with Crippen LogP contribution in [0, 0.1) is 5.92 Å². The number of sulfonamides is 1. The summed E-state index contributed by atoms with van der Waals surface area (Å²) in [6, 6.07) is 1.58.